The van der Waals surface area contributed by atoms with E-state index in [1.807, 2.05) is 18.7 Å². The van der Waals surface area contributed by atoms with Gasteiger partial charge in [-0.15, -0.1) is 11.8 Å². The summed E-state index contributed by atoms with van der Waals surface area (Å²) in [5, 5.41) is 3.43. The Labute approximate surface area is 80.7 Å². The number of nitrogens with one attached hydrogen (secondary N) is 1. The van der Waals surface area contributed by atoms with E-state index in [1.165, 1.54) is 11.5 Å². The largest absolute Gasteiger partial charge is 0.312 e. The maximum Gasteiger partial charge on any atom is 0.0214 e. The summed E-state index contributed by atoms with van der Waals surface area (Å²) in [6.07, 6.45) is 0.970. The Balaban J connectivity index is 3.17. The van der Waals surface area contributed by atoms with Crippen LogP contribution in [0.5, 0.6) is 0 Å². The van der Waals surface area contributed by atoms with Gasteiger partial charge in [-0.2, -0.15) is 11.8 Å². The van der Waals surface area contributed by atoms with E-state index in [-0.39, 0.29) is 0 Å². The molecule has 70 valence electrons. The summed E-state index contributed by atoms with van der Waals surface area (Å²) in [7, 11) is 0. The first kappa shape index (κ1) is 11.9. The Kier molecular flexibility index (Phi) is 8.86. The van der Waals surface area contributed by atoms with E-state index in [9.17, 15) is 0 Å². The zero-order valence-corrected chi connectivity index (χ0v) is 9.13. The molecule has 0 aliphatic carbocycles. The van der Waals surface area contributed by atoms with Crippen molar-refractivity contribution in [3.05, 3.63) is 0 Å². The molecule has 0 heterocycles. The Hall–Kier alpha value is -0.130. The molecule has 1 nitrogen and oxygen atoms in total. The van der Waals surface area contributed by atoms with Crippen molar-refractivity contribution in [2.24, 2.45) is 0 Å². The second-order valence-corrected chi connectivity index (χ2v) is 4.01. The van der Waals surface area contributed by atoms with Crippen LogP contribution in [-0.2, 0) is 0 Å². The van der Waals surface area contributed by atoms with E-state index in [0.29, 0.717) is 6.04 Å². The Morgan fingerprint density at radius 3 is 2.83 bits per heavy atom. The quantitative estimate of drug-likeness (QED) is 0.502. The highest BCUT2D eigenvalue weighted by atomic mass is 32.2. The fourth-order valence-electron chi connectivity index (χ4n) is 0.860. The summed E-state index contributed by atoms with van der Waals surface area (Å²) in [5.41, 5.74) is 0. The SMILES string of the molecule is CC#CCCNC(C)CSCC. The summed E-state index contributed by atoms with van der Waals surface area (Å²) in [5.74, 6) is 8.34. The molecule has 0 aliphatic rings. The summed E-state index contributed by atoms with van der Waals surface area (Å²) in [4.78, 5) is 0. The monoisotopic (exact) mass is 185 g/mol. The molecule has 1 atom stereocenters. The number of rotatable bonds is 6. The van der Waals surface area contributed by atoms with Crippen LogP contribution in [-0.4, -0.2) is 24.1 Å². The molecule has 0 saturated carbocycles. The van der Waals surface area contributed by atoms with Gasteiger partial charge in [0.1, 0.15) is 0 Å². The predicted molar refractivity (Wildman–Crippen MR) is 58.5 cm³/mol. The van der Waals surface area contributed by atoms with Gasteiger partial charge < -0.3 is 5.32 Å². The van der Waals surface area contributed by atoms with Crippen LogP contribution in [0.2, 0.25) is 0 Å². The van der Waals surface area contributed by atoms with Crippen molar-refractivity contribution >= 4 is 11.8 Å². The average Bonchev–Trinajstić information content (AvgIpc) is 2.09. The number of hydrogen-bond donors (Lipinski definition) is 1. The minimum absolute atomic E-state index is 0.619. The van der Waals surface area contributed by atoms with Gasteiger partial charge in [0.05, 0.1) is 0 Å². The Bertz CT molecular complexity index is 146. The molecule has 0 aromatic heterocycles. The molecule has 0 spiro atoms. The third-order valence-electron chi connectivity index (χ3n) is 1.49. The summed E-state index contributed by atoms with van der Waals surface area (Å²) >= 11 is 1.98. The molecular weight excluding hydrogens is 166 g/mol. The van der Waals surface area contributed by atoms with Crippen LogP contribution in [0.25, 0.3) is 0 Å². The highest BCUT2D eigenvalue weighted by molar-refractivity contribution is 7.99. The molecule has 0 aromatic carbocycles. The lowest BCUT2D eigenvalue weighted by Gasteiger charge is -2.10. The molecule has 0 bridgehead atoms. The van der Waals surface area contributed by atoms with Gasteiger partial charge >= 0.3 is 0 Å². The first-order valence-electron chi connectivity index (χ1n) is 4.52. The number of hydrogen-bond acceptors (Lipinski definition) is 2. The average molecular weight is 185 g/mol. The summed E-state index contributed by atoms with van der Waals surface area (Å²) in [6, 6.07) is 0.619. The Morgan fingerprint density at radius 1 is 1.50 bits per heavy atom. The van der Waals surface area contributed by atoms with E-state index in [4.69, 9.17) is 0 Å². The van der Waals surface area contributed by atoms with E-state index in [1.54, 1.807) is 0 Å². The lowest BCUT2D eigenvalue weighted by Crippen LogP contribution is -2.28. The first-order chi connectivity index (χ1) is 5.81. The smallest absolute Gasteiger partial charge is 0.0214 e. The normalized spacial score (nSPS) is 11.9. The van der Waals surface area contributed by atoms with E-state index < -0.39 is 0 Å². The molecule has 0 aromatic rings. The van der Waals surface area contributed by atoms with E-state index >= 15 is 0 Å². The molecule has 1 N–H and O–H groups in total. The van der Waals surface area contributed by atoms with E-state index in [2.05, 4.69) is 31.0 Å². The second-order valence-electron chi connectivity index (χ2n) is 2.69. The van der Waals surface area contributed by atoms with Crippen molar-refractivity contribution in [1.29, 1.82) is 0 Å². The number of thioether (sulfide) groups is 1. The fraction of sp³-hybridized carbons (Fsp3) is 0.800. The molecule has 0 rings (SSSR count). The van der Waals surface area contributed by atoms with Crippen LogP contribution in [0.3, 0.4) is 0 Å². The van der Waals surface area contributed by atoms with Crippen LogP contribution in [0.4, 0.5) is 0 Å². The Morgan fingerprint density at radius 2 is 2.25 bits per heavy atom. The summed E-state index contributed by atoms with van der Waals surface area (Å²) in [6.45, 7) is 7.32. The highest BCUT2D eigenvalue weighted by Crippen LogP contribution is 2.00. The minimum atomic E-state index is 0.619. The van der Waals surface area contributed by atoms with Gasteiger partial charge in [0.2, 0.25) is 0 Å². The maximum atomic E-state index is 3.43. The topological polar surface area (TPSA) is 12.0 Å². The predicted octanol–water partition coefficient (Wildman–Crippen LogP) is 2.13. The standard InChI is InChI=1S/C10H19NS/c1-4-6-7-8-11-10(3)9-12-5-2/h10-11H,5,7-9H2,1-3H3. The van der Waals surface area contributed by atoms with Gasteiger partial charge in [-0.1, -0.05) is 6.92 Å². The first-order valence-corrected chi connectivity index (χ1v) is 5.67. The summed E-state index contributed by atoms with van der Waals surface area (Å²) < 4.78 is 0. The van der Waals surface area contributed by atoms with Crippen molar-refractivity contribution < 1.29 is 0 Å². The zero-order chi connectivity index (χ0) is 9.23. The molecule has 1 unspecified atom stereocenters. The van der Waals surface area contributed by atoms with Crippen LogP contribution in [0.1, 0.15) is 27.2 Å². The highest BCUT2D eigenvalue weighted by Gasteiger charge is 1.97. The third-order valence-corrected chi connectivity index (χ3v) is 2.64. The second kappa shape index (κ2) is 8.96. The van der Waals surface area contributed by atoms with Gasteiger partial charge in [-0.25, -0.2) is 0 Å². The van der Waals surface area contributed by atoms with Crippen molar-refractivity contribution in [3.8, 4) is 11.8 Å². The van der Waals surface area contributed by atoms with Gasteiger partial charge in [-0.3, -0.25) is 0 Å². The molecule has 0 saturated heterocycles. The van der Waals surface area contributed by atoms with E-state index in [0.717, 1.165) is 13.0 Å². The molecular formula is C10H19NS. The van der Waals surface area contributed by atoms with Crippen LogP contribution >= 0.6 is 11.8 Å². The lowest BCUT2D eigenvalue weighted by molar-refractivity contribution is 0.605. The maximum absolute atomic E-state index is 3.43. The van der Waals surface area contributed by atoms with Crippen LogP contribution in [0, 0.1) is 11.8 Å². The van der Waals surface area contributed by atoms with Crippen molar-refractivity contribution in [2.75, 3.05) is 18.1 Å². The van der Waals surface area contributed by atoms with Crippen molar-refractivity contribution in [2.45, 2.75) is 33.2 Å². The third kappa shape index (κ3) is 7.97. The molecule has 2 heteroatoms. The van der Waals surface area contributed by atoms with Crippen molar-refractivity contribution in [1.82, 2.24) is 5.32 Å². The lowest BCUT2D eigenvalue weighted by atomic mass is 10.3. The molecule has 0 aliphatic heterocycles. The van der Waals surface area contributed by atoms with Gasteiger partial charge in [-0.05, 0) is 19.6 Å². The van der Waals surface area contributed by atoms with Crippen LogP contribution < -0.4 is 5.32 Å². The van der Waals surface area contributed by atoms with Gasteiger partial charge in [0, 0.05) is 24.8 Å². The van der Waals surface area contributed by atoms with Crippen LogP contribution in [0.15, 0.2) is 0 Å². The van der Waals surface area contributed by atoms with Gasteiger partial charge in [0.15, 0.2) is 0 Å². The molecule has 0 amide bonds. The van der Waals surface area contributed by atoms with Gasteiger partial charge in [0.25, 0.3) is 0 Å². The van der Waals surface area contributed by atoms with Crippen molar-refractivity contribution in [3.63, 3.8) is 0 Å². The minimum Gasteiger partial charge on any atom is -0.312 e. The fourth-order valence-corrected chi connectivity index (χ4v) is 1.57. The molecule has 12 heavy (non-hydrogen) atoms. The molecule has 0 radical (unpaired) electrons. The molecule has 0 fully saturated rings. The zero-order valence-electron chi connectivity index (χ0n) is 8.31.